The molecule has 2 unspecified atom stereocenters. The van der Waals surface area contributed by atoms with Crippen molar-refractivity contribution in [1.82, 2.24) is 0 Å². The quantitative estimate of drug-likeness (QED) is 0.497. The van der Waals surface area contributed by atoms with E-state index in [0.29, 0.717) is 17.8 Å². The molecule has 0 heterocycles. The van der Waals surface area contributed by atoms with Gasteiger partial charge in [-0.2, -0.15) is 0 Å². The molecule has 0 aromatic carbocycles. The second-order valence-electron chi connectivity index (χ2n) is 5.27. The van der Waals surface area contributed by atoms with Gasteiger partial charge in [0.1, 0.15) is 0 Å². The molecule has 0 aromatic rings. The van der Waals surface area contributed by atoms with Gasteiger partial charge in [-0.15, -0.1) is 0 Å². The van der Waals surface area contributed by atoms with Crippen molar-refractivity contribution in [2.24, 2.45) is 17.8 Å². The standard InChI is InChI=1S/C14H26.C3H8/c1-8-11(5)13(7)14(9-2)12(6)10(3)4;1-3-2/h8,10,13-14H,6,9H2,1-5,7H3;3H2,1-2H3/b11-8+;. The summed E-state index contributed by atoms with van der Waals surface area (Å²) in [6.07, 6.45) is 4.67. The lowest BCUT2D eigenvalue weighted by Gasteiger charge is -2.27. The van der Waals surface area contributed by atoms with E-state index in [1.54, 1.807) is 0 Å². The van der Waals surface area contributed by atoms with Crippen molar-refractivity contribution in [3.05, 3.63) is 23.8 Å². The van der Waals surface area contributed by atoms with Gasteiger partial charge in [-0.05, 0) is 38.0 Å². The van der Waals surface area contributed by atoms with E-state index in [-0.39, 0.29) is 0 Å². The fourth-order valence-electron chi connectivity index (χ4n) is 1.95. The van der Waals surface area contributed by atoms with Gasteiger partial charge < -0.3 is 0 Å². The van der Waals surface area contributed by atoms with Crippen molar-refractivity contribution in [3.63, 3.8) is 0 Å². The number of hydrogen-bond acceptors (Lipinski definition) is 0. The minimum atomic E-state index is 0.604. The Hall–Kier alpha value is -0.520. The fraction of sp³-hybridized carbons (Fsp3) is 0.765. The third-order valence-corrected chi connectivity index (χ3v) is 3.43. The second-order valence-corrected chi connectivity index (χ2v) is 5.27. The first-order valence-electron chi connectivity index (χ1n) is 7.18. The molecule has 0 bridgehead atoms. The highest BCUT2D eigenvalue weighted by Gasteiger charge is 2.20. The molecule has 0 aliphatic heterocycles. The zero-order valence-electron chi connectivity index (χ0n) is 13.4. The van der Waals surface area contributed by atoms with Gasteiger partial charge in [-0.25, -0.2) is 0 Å². The van der Waals surface area contributed by atoms with E-state index >= 15 is 0 Å². The molecule has 0 aliphatic carbocycles. The molecule has 0 N–H and O–H groups in total. The van der Waals surface area contributed by atoms with Gasteiger partial charge in [-0.1, -0.05) is 71.8 Å². The van der Waals surface area contributed by atoms with Crippen LogP contribution in [0.25, 0.3) is 0 Å². The van der Waals surface area contributed by atoms with Crippen LogP contribution >= 0.6 is 0 Å². The highest BCUT2D eigenvalue weighted by Crippen LogP contribution is 2.32. The highest BCUT2D eigenvalue weighted by molar-refractivity contribution is 5.12. The molecule has 17 heavy (non-hydrogen) atoms. The molecule has 0 amide bonds. The van der Waals surface area contributed by atoms with Crippen LogP contribution in [0.5, 0.6) is 0 Å². The molecule has 0 aliphatic rings. The first-order chi connectivity index (χ1) is 7.87. The number of rotatable bonds is 5. The molecule has 0 fully saturated rings. The Morgan fingerprint density at radius 1 is 1.12 bits per heavy atom. The molecule has 0 radical (unpaired) electrons. The Morgan fingerprint density at radius 2 is 1.53 bits per heavy atom. The summed E-state index contributed by atoms with van der Waals surface area (Å²) in [5.41, 5.74) is 2.89. The largest absolute Gasteiger partial charge is 0.0993 e. The van der Waals surface area contributed by atoms with Gasteiger partial charge in [0.2, 0.25) is 0 Å². The minimum Gasteiger partial charge on any atom is -0.0993 e. The van der Waals surface area contributed by atoms with Crippen molar-refractivity contribution in [1.29, 1.82) is 0 Å². The fourth-order valence-corrected chi connectivity index (χ4v) is 1.95. The third-order valence-electron chi connectivity index (χ3n) is 3.43. The van der Waals surface area contributed by atoms with E-state index in [2.05, 4.69) is 68.0 Å². The third kappa shape index (κ3) is 7.41. The smallest absolute Gasteiger partial charge is 0.0143 e. The predicted octanol–water partition coefficient (Wildman–Crippen LogP) is 6.24. The minimum absolute atomic E-state index is 0.604. The summed E-state index contributed by atoms with van der Waals surface area (Å²) in [5, 5.41) is 0. The monoisotopic (exact) mass is 238 g/mol. The predicted molar refractivity (Wildman–Crippen MR) is 82.3 cm³/mol. The van der Waals surface area contributed by atoms with Crippen molar-refractivity contribution in [3.8, 4) is 0 Å². The van der Waals surface area contributed by atoms with Crippen LogP contribution in [0.2, 0.25) is 0 Å². The lowest BCUT2D eigenvalue weighted by Crippen LogP contribution is -2.17. The van der Waals surface area contributed by atoms with E-state index in [9.17, 15) is 0 Å². The normalized spacial score (nSPS) is 15.0. The van der Waals surface area contributed by atoms with Crippen LogP contribution < -0.4 is 0 Å². The molecule has 0 rings (SSSR count). The summed E-state index contributed by atoms with van der Waals surface area (Å²) in [6.45, 7) is 21.9. The van der Waals surface area contributed by atoms with Crippen LogP contribution in [-0.2, 0) is 0 Å². The lowest BCUT2D eigenvalue weighted by atomic mass is 9.78. The lowest BCUT2D eigenvalue weighted by molar-refractivity contribution is 0.419. The van der Waals surface area contributed by atoms with Gasteiger partial charge in [-0.3, -0.25) is 0 Å². The molecule has 0 saturated carbocycles. The zero-order valence-corrected chi connectivity index (χ0v) is 13.4. The van der Waals surface area contributed by atoms with Crippen molar-refractivity contribution >= 4 is 0 Å². The van der Waals surface area contributed by atoms with E-state index in [1.807, 2.05) is 0 Å². The van der Waals surface area contributed by atoms with Gasteiger partial charge in [0.25, 0.3) is 0 Å². The summed E-state index contributed by atoms with van der Waals surface area (Å²) in [6, 6.07) is 0. The maximum absolute atomic E-state index is 4.24. The molecule has 0 spiro atoms. The maximum Gasteiger partial charge on any atom is -0.0143 e. The SMILES string of the molecule is C=C(C(C)C)C(CC)C(C)/C(C)=C/C.CCC. The Morgan fingerprint density at radius 3 is 1.76 bits per heavy atom. The summed E-state index contributed by atoms with van der Waals surface area (Å²) >= 11 is 0. The second kappa shape index (κ2) is 10.6. The highest BCUT2D eigenvalue weighted by atomic mass is 14.3. The summed E-state index contributed by atoms with van der Waals surface area (Å²) in [5.74, 6) is 1.89. The molecule has 0 aromatic heterocycles. The molecule has 2 atom stereocenters. The Balaban J connectivity index is 0. The first kappa shape index (κ1) is 18.8. The van der Waals surface area contributed by atoms with Crippen molar-refractivity contribution in [2.45, 2.75) is 68.2 Å². The summed E-state index contributed by atoms with van der Waals surface area (Å²) in [4.78, 5) is 0. The van der Waals surface area contributed by atoms with Gasteiger partial charge in [0.15, 0.2) is 0 Å². The van der Waals surface area contributed by atoms with Crippen LogP contribution in [0, 0.1) is 17.8 Å². The summed E-state index contributed by atoms with van der Waals surface area (Å²) < 4.78 is 0. The Kier molecular flexibility index (Phi) is 11.8. The van der Waals surface area contributed by atoms with Gasteiger partial charge in [0, 0.05) is 0 Å². The zero-order chi connectivity index (χ0) is 14.0. The Bertz CT molecular complexity index is 220. The first-order valence-corrected chi connectivity index (χ1v) is 7.18. The molecule has 0 saturated heterocycles. The van der Waals surface area contributed by atoms with Crippen LogP contribution in [0.4, 0.5) is 0 Å². The Labute approximate surface area is 110 Å². The maximum atomic E-state index is 4.24. The topological polar surface area (TPSA) is 0 Å². The average molecular weight is 238 g/mol. The van der Waals surface area contributed by atoms with E-state index in [0.717, 1.165) is 0 Å². The van der Waals surface area contributed by atoms with Crippen LogP contribution in [0.1, 0.15) is 68.2 Å². The van der Waals surface area contributed by atoms with Crippen molar-refractivity contribution in [2.75, 3.05) is 0 Å². The van der Waals surface area contributed by atoms with Crippen molar-refractivity contribution < 1.29 is 0 Å². The molecule has 0 nitrogen and oxygen atoms in total. The van der Waals surface area contributed by atoms with Crippen LogP contribution in [0.15, 0.2) is 23.8 Å². The van der Waals surface area contributed by atoms with Crippen LogP contribution in [0.3, 0.4) is 0 Å². The molecular weight excluding hydrogens is 204 g/mol. The van der Waals surface area contributed by atoms with E-state index in [4.69, 9.17) is 0 Å². The van der Waals surface area contributed by atoms with Gasteiger partial charge >= 0.3 is 0 Å². The van der Waals surface area contributed by atoms with Crippen LogP contribution in [-0.4, -0.2) is 0 Å². The number of allylic oxidation sites excluding steroid dienone is 3. The van der Waals surface area contributed by atoms with E-state index < -0.39 is 0 Å². The summed E-state index contributed by atoms with van der Waals surface area (Å²) in [7, 11) is 0. The average Bonchev–Trinajstić information content (AvgIpc) is 2.29. The van der Waals surface area contributed by atoms with Gasteiger partial charge in [0.05, 0.1) is 0 Å². The number of hydrogen-bond donors (Lipinski definition) is 0. The molecule has 102 valence electrons. The molecule has 0 heteroatoms. The van der Waals surface area contributed by atoms with E-state index in [1.165, 1.54) is 24.0 Å². The molecular formula is C17H34.